The van der Waals surface area contributed by atoms with E-state index in [0.29, 0.717) is 0 Å². The first-order valence-electron chi connectivity index (χ1n) is 0.667. The molecule has 48 valence electrons. The molecule has 0 bridgehead atoms. The molecule has 7 heteroatoms. The molecule has 0 fully saturated rings. The van der Waals surface area contributed by atoms with Crippen molar-refractivity contribution < 1.29 is 40.5 Å². The van der Waals surface area contributed by atoms with Gasteiger partial charge in [0.2, 0.25) is 0 Å². The monoisotopic (exact) mass is 152 g/mol. The summed E-state index contributed by atoms with van der Waals surface area (Å²) in [6, 6.07) is 0. The van der Waals surface area contributed by atoms with Crippen molar-refractivity contribution in [1.82, 2.24) is 0 Å². The third-order valence-corrected chi connectivity index (χ3v) is 0. The Morgan fingerprint density at radius 3 is 1.00 bits per heavy atom. The average Bonchev–Trinajstić information content (AvgIpc) is 0.722. The number of rotatable bonds is 0. The molecule has 0 aliphatic heterocycles. The van der Waals surface area contributed by atoms with Crippen molar-refractivity contribution in [2.24, 2.45) is 0 Å². The van der Waals surface area contributed by atoms with Crippen LogP contribution in [-0.2, 0) is 21.2 Å². The van der Waals surface area contributed by atoms with E-state index in [0.717, 1.165) is 0 Å². The van der Waals surface area contributed by atoms with E-state index in [1.165, 1.54) is 0 Å². The molecule has 0 saturated carbocycles. The van der Waals surface area contributed by atoms with Crippen LogP contribution in [0, 0.1) is 0 Å². The van der Waals surface area contributed by atoms with Crippen molar-refractivity contribution >= 4 is 0 Å². The predicted octanol–water partition coefficient (Wildman–Crippen LogP) is -4.27. The first-order valence-corrected chi connectivity index (χ1v) is 2.75. The number of hydrogen-bond donors (Lipinski definition) is 0. The fourth-order valence-electron chi connectivity index (χ4n) is 0. The third-order valence-electron chi connectivity index (χ3n) is 0. The molecule has 4 N–H and O–H groups in total. The summed E-state index contributed by atoms with van der Waals surface area (Å²) in [4.78, 5) is 0. The molecule has 6 nitrogen and oxygen atoms in total. The van der Waals surface area contributed by atoms with Gasteiger partial charge in [0.25, 0.3) is 0 Å². The molecule has 0 atom stereocenters. The van der Waals surface area contributed by atoms with E-state index in [2.05, 4.69) is 0 Å². The van der Waals surface area contributed by atoms with Crippen molar-refractivity contribution in [2.45, 2.75) is 0 Å². The van der Waals surface area contributed by atoms with Gasteiger partial charge in [-0.05, 0) is 0 Å². The Hall–Kier alpha value is -0.0275. The molecule has 0 aromatic rings. The number of hydrogen-bond acceptors (Lipinski definition) is 4. The van der Waals surface area contributed by atoms with Gasteiger partial charge in [0, 0.05) is 0 Å². The van der Waals surface area contributed by atoms with Gasteiger partial charge in [-0.2, -0.15) is 0 Å². The van der Waals surface area contributed by atoms with E-state index in [-0.39, 0.29) is 11.0 Å². The van der Waals surface area contributed by atoms with Crippen molar-refractivity contribution in [3.05, 3.63) is 0 Å². The van der Waals surface area contributed by atoms with Crippen molar-refractivity contribution in [3.63, 3.8) is 0 Å². The zero-order valence-electron chi connectivity index (χ0n) is 3.04. The molecule has 0 heterocycles. The van der Waals surface area contributed by atoms with Crippen LogP contribution < -0.4 is 8.32 Å². The van der Waals surface area contributed by atoms with Gasteiger partial charge in [-0.25, -0.2) is 0 Å². The SMILES string of the molecule is O.O.[O]=[Cr](=[O])([O-])[O-]. The van der Waals surface area contributed by atoms with Crippen LogP contribution in [0.25, 0.3) is 0 Å². The molecule has 0 rings (SSSR count). The standard InChI is InChI=1S/Cr.2H2O.4O/h;2*1H2;;;;/q;;;;;2*-1. The Morgan fingerprint density at radius 1 is 1.00 bits per heavy atom. The molecule has 0 aliphatic carbocycles. The molecule has 0 aliphatic rings. The minimum atomic E-state index is -5.75. The summed E-state index contributed by atoms with van der Waals surface area (Å²) in [6.07, 6.45) is 0. The Balaban J connectivity index is -0.0000000800. The second-order valence-electron chi connectivity index (χ2n) is 0.408. The Morgan fingerprint density at radius 2 is 1.00 bits per heavy atom. The van der Waals surface area contributed by atoms with Crippen LogP contribution in [0.1, 0.15) is 0 Å². The average molecular weight is 152 g/mol. The molecule has 0 spiro atoms. The van der Waals surface area contributed by atoms with Crippen LogP contribution in [0.5, 0.6) is 0 Å². The topological polar surface area (TPSA) is 143 Å². The van der Waals surface area contributed by atoms with E-state index in [9.17, 15) is 0 Å². The summed E-state index contributed by atoms with van der Waals surface area (Å²) in [6.45, 7) is 0. The van der Waals surface area contributed by atoms with E-state index in [4.69, 9.17) is 15.9 Å². The first kappa shape index (κ1) is 15.8. The van der Waals surface area contributed by atoms with Crippen molar-refractivity contribution in [2.75, 3.05) is 0 Å². The van der Waals surface area contributed by atoms with Gasteiger partial charge in [0.05, 0.1) is 0 Å². The summed E-state index contributed by atoms with van der Waals surface area (Å²) in [5.74, 6) is 0. The van der Waals surface area contributed by atoms with Gasteiger partial charge < -0.3 is 11.0 Å². The minimum absolute atomic E-state index is 0. The van der Waals surface area contributed by atoms with Crippen molar-refractivity contribution in [1.29, 1.82) is 0 Å². The quantitative estimate of drug-likeness (QED) is 0.346. The molecule has 0 aromatic heterocycles. The predicted molar refractivity (Wildman–Crippen MR) is 8.60 cm³/mol. The van der Waals surface area contributed by atoms with E-state index < -0.39 is 13.6 Å². The van der Waals surface area contributed by atoms with Crippen LogP contribution in [0.15, 0.2) is 0 Å². The van der Waals surface area contributed by atoms with Crippen molar-refractivity contribution in [3.8, 4) is 0 Å². The Kier molecular flexibility index (Phi) is 9.32. The molecule has 0 saturated heterocycles. The molecule has 7 heavy (non-hydrogen) atoms. The van der Waals surface area contributed by atoms with Crippen LogP contribution in [-0.4, -0.2) is 11.0 Å². The summed E-state index contributed by atoms with van der Waals surface area (Å²) in [5.41, 5.74) is 0. The zero-order valence-corrected chi connectivity index (χ0v) is 4.32. The fraction of sp³-hybridized carbons (Fsp3) is 0. The Labute approximate surface area is 41.4 Å². The van der Waals surface area contributed by atoms with Crippen LogP contribution >= 0.6 is 0 Å². The van der Waals surface area contributed by atoms with Crippen LogP contribution in [0.2, 0.25) is 0 Å². The third kappa shape index (κ3) is 124000. The molecule has 0 radical (unpaired) electrons. The molecule has 0 unspecified atom stereocenters. The fourth-order valence-corrected chi connectivity index (χ4v) is 0. The normalized spacial score (nSPS) is 8.29. The van der Waals surface area contributed by atoms with Gasteiger partial charge >= 0.3 is 29.5 Å². The summed E-state index contributed by atoms with van der Waals surface area (Å²) in [5, 5.41) is 0. The van der Waals surface area contributed by atoms with Gasteiger partial charge in [0.1, 0.15) is 0 Å². The Bertz CT molecular complexity index is 87.3. The van der Waals surface area contributed by atoms with E-state index >= 15 is 0 Å². The van der Waals surface area contributed by atoms with E-state index in [1.807, 2.05) is 0 Å². The molecular weight excluding hydrogens is 148 g/mol. The second kappa shape index (κ2) is 4.14. The van der Waals surface area contributed by atoms with E-state index in [1.54, 1.807) is 0 Å². The summed E-state index contributed by atoms with van der Waals surface area (Å²) < 4.78 is 34.4. The van der Waals surface area contributed by atoms with Gasteiger partial charge in [-0.15, -0.1) is 0 Å². The molecule has 0 amide bonds. The van der Waals surface area contributed by atoms with Gasteiger partial charge in [0.15, 0.2) is 0 Å². The van der Waals surface area contributed by atoms with Gasteiger partial charge in [-0.1, -0.05) is 0 Å². The van der Waals surface area contributed by atoms with Crippen LogP contribution in [0.4, 0.5) is 0 Å². The second-order valence-corrected chi connectivity index (χ2v) is 1.68. The summed E-state index contributed by atoms with van der Waals surface area (Å²) in [7, 11) is 0. The summed E-state index contributed by atoms with van der Waals surface area (Å²) >= 11 is -5.75. The first-order chi connectivity index (χ1) is 2.00. The molecular formula is H4CrO6-2. The maximum absolute atomic E-state index is 8.59. The maximum atomic E-state index is 8.59. The van der Waals surface area contributed by atoms with Gasteiger partial charge in [-0.3, -0.25) is 0 Å². The molecule has 0 aromatic carbocycles. The zero-order chi connectivity index (χ0) is 4.50. The van der Waals surface area contributed by atoms with Crippen LogP contribution in [0.3, 0.4) is 0 Å².